The van der Waals surface area contributed by atoms with E-state index < -0.39 is 9.84 Å². The summed E-state index contributed by atoms with van der Waals surface area (Å²) in [6.45, 7) is 0.740. The van der Waals surface area contributed by atoms with Crippen LogP contribution in [-0.2, 0) is 14.6 Å². The standard InChI is InChI=1S/C9H15IO3S/c10-8-5-14(11,12)6-9(8)13-4-3-7-1-2-7/h7-9H,1-6H2. The maximum atomic E-state index is 11.3. The van der Waals surface area contributed by atoms with Gasteiger partial charge in [-0.25, -0.2) is 8.42 Å². The third-order valence-electron chi connectivity index (χ3n) is 2.79. The van der Waals surface area contributed by atoms with E-state index in [9.17, 15) is 8.42 Å². The van der Waals surface area contributed by atoms with Crippen molar-refractivity contribution in [1.29, 1.82) is 0 Å². The fourth-order valence-corrected chi connectivity index (χ4v) is 5.83. The quantitative estimate of drug-likeness (QED) is 0.578. The van der Waals surface area contributed by atoms with E-state index in [-0.39, 0.29) is 15.8 Å². The molecular formula is C9H15IO3S. The summed E-state index contributed by atoms with van der Waals surface area (Å²) < 4.78 is 28.3. The van der Waals surface area contributed by atoms with Crippen molar-refractivity contribution in [3.8, 4) is 0 Å². The Kier molecular flexibility index (Phi) is 3.38. The van der Waals surface area contributed by atoms with Crippen LogP contribution in [0.25, 0.3) is 0 Å². The van der Waals surface area contributed by atoms with Crippen LogP contribution in [0.4, 0.5) is 0 Å². The molecule has 1 aliphatic heterocycles. The Morgan fingerprint density at radius 1 is 1.29 bits per heavy atom. The lowest BCUT2D eigenvalue weighted by Gasteiger charge is -2.13. The number of sulfone groups is 1. The zero-order valence-corrected chi connectivity index (χ0v) is 11.0. The number of hydrogen-bond acceptors (Lipinski definition) is 3. The van der Waals surface area contributed by atoms with Crippen molar-refractivity contribution in [2.45, 2.75) is 29.3 Å². The van der Waals surface area contributed by atoms with Gasteiger partial charge >= 0.3 is 0 Å². The van der Waals surface area contributed by atoms with Gasteiger partial charge < -0.3 is 4.74 Å². The molecule has 2 atom stereocenters. The van der Waals surface area contributed by atoms with E-state index in [4.69, 9.17) is 4.74 Å². The van der Waals surface area contributed by atoms with Gasteiger partial charge in [0.05, 0.1) is 21.5 Å². The summed E-state index contributed by atoms with van der Waals surface area (Å²) in [6, 6.07) is 0. The molecule has 5 heteroatoms. The predicted molar refractivity (Wildman–Crippen MR) is 63.5 cm³/mol. The molecule has 1 heterocycles. The summed E-state index contributed by atoms with van der Waals surface area (Å²) in [5.41, 5.74) is 0. The number of halogens is 1. The molecule has 1 saturated carbocycles. The van der Waals surface area contributed by atoms with Gasteiger partial charge in [0, 0.05) is 6.61 Å². The number of alkyl halides is 1. The van der Waals surface area contributed by atoms with Crippen molar-refractivity contribution in [1.82, 2.24) is 0 Å². The van der Waals surface area contributed by atoms with Gasteiger partial charge in [0.25, 0.3) is 0 Å². The molecule has 2 unspecified atom stereocenters. The van der Waals surface area contributed by atoms with Gasteiger partial charge in [0.15, 0.2) is 9.84 Å². The monoisotopic (exact) mass is 330 g/mol. The van der Waals surface area contributed by atoms with Crippen LogP contribution in [0.5, 0.6) is 0 Å². The molecule has 0 aromatic carbocycles. The fourth-order valence-electron chi connectivity index (χ4n) is 1.72. The molecular weight excluding hydrogens is 315 g/mol. The smallest absolute Gasteiger partial charge is 0.154 e. The maximum Gasteiger partial charge on any atom is 0.154 e. The van der Waals surface area contributed by atoms with Crippen molar-refractivity contribution in [3.63, 3.8) is 0 Å². The van der Waals surface area contributed by atoms with Crippen LogP contribution < -0.4 is 0 Å². The Hall–Kier alpha value is 0.640. The van der Waals surface area contributed by atoms with E-state index in [1.807, 2.05) is 0 Å². The van der Waals surface area contributed by atoms with Crippen molar-refractivity contribution in [3.05, 3.63) is 0 Å². The maximum absolute atomic E-state index is 11.3. The summed E-state index contributed by atoms with van der Waals surface area (Å²) >= 11 is 2.19. The molecule has 2 fully saturated rings. The van der Waals surface area contributed by atoms with E-state index in [0.717, 1.165) is 18.9 Å². The van der Waals surface area contributed by atoms with E-state index in [1.54, 1.807) is 0 Å². The van der Waals surface area contributed by atoms with Crippen LogP contribution in [0.2, 0.25) is 0 Å². The van der Waals surface area contributed by atoms with E-state index in [2.05, 4.69) is 22.6 Å². The van der Waals surface area contributed by atoms with E-state index >= 15 is 0 Å². The van der Waals surface area contributed by atoms with Crippen molar-refractivity contribution < 1.29 is 13.2 Å². The lowest BCUT2D eigenvalue weighted by molar-refractivity contribution is 0.0725. The summed E-state index contributed by atoms with van der Waals surface area (Å²) in [4.78, 5) is 0. The molecule has 0 bridgehead atoms. The third-order valence-corrected chi connectivity index (χ3v) is 6.33. The summed E-state index contributed by atoms with van der Waals surface area (Å²) in [5.74, 6) is 1.38. The van der Waals surface area contributed by atoms with Gasteiger partial charge in [-0.15, -0.1) is 0 Å². The fraction of sp³-hybridized carbons (Fsp3) is 1.00. The average molecular weight is 330 g/mol. The minimum absolute atomic E-state index is 0.0562. The van der Waals surface area contributed by atoms with Crippen LogP contribution >= 0.6 is 22.6 Å². The Labute approximate surface area is 98.6 Å². The van der Waals surface area contributed by atoms with E-state index in [0.29, 0.717) is 5.75 Å². The van der Waals surface area contributed by atoms with Crippen LogP contribution in [0.15, 0.2) is 0 Å². The molecule has 2 aliphatic rings. The number of hydrogen-bond donors (Lipinski definition) is 0. The molecule has 82 valence electrons. The van der Waals surface area contributed by atoms with E-state index in [1.165, 1.54) is 12.8 Å². The topological polar surface area (TPSA) is 43.4 Å². The molecule has 1 saturated heterocycles. The lowest BCUT2D eigenvalue weighted by Crippen LogP contribution is -2.22. The highest BCUT2D eigenvalue weighted by atomic mass is 127. The first kappa shape index (κ1) is 11.1. The first-order valence-corrected chi connectivity index (χ1v) is 8.09. The second kappa shape index (κ2) is 4.25. The molecule has 0 aromatic rings. The Bertz CT molecular complexity index is 297. The molecule has 0 amide bonds. The zero-order chi connectivity index (χ0) is 10.2. The highest BCUT2D eigenvalue weighted by Gasteiger charge is 2.36. The van der Waals surface area contributed by atoms with Crippen LogP contribution in [0.1, 0.15) is 19.3 Å². The van der Waals surface area contributed by atoms with Crippen molar-refractivity contribution >= 4 is 32.4 Å². The van der Waals surface area contributed by atoms with Crippen LogP contribution in [0, 0.1) is 5.92 Å². The minimum atomic E-state index is -2.81. The highest BCUT2D eigenvalue weighted by Crippen LogP contribution is 2.32. The average Bonchev–Trinajstić information content (AvgIpc) is 2.80. The first-order valence-electron chi connectivity index (χ1n) is 5.03. The molecule has 1 aliphatic carbocycles. The minimum Gasteiger partial charge on any atom is -0.376 e. The molecule has 0 aromatic heterocycles. The molecule has 0 spiro atoms. The summed E-state index contributed by atoms with van der Waals surface area (Å²) in [7, 11) is -2.81. The molecule has 0 radical (unpaired) electrons. The Morgan fingerprint density at radius 2 is 2.00 bits per heavy atom. The van der Waals surface area contributed by atoms with Crippen molar-refractivity contribution in [2.75, 3.05) is 18.1 Å². The molecule has 2 rings (SSSR count). The van der Waals surface area contributed by atoms with Crippen LogP contribution in [-0.4, -0.2) is 36.6 Å². The van der Waals surface area contributed by atoms with Gasteiger partial charge in [-0.05, 0) is 12.3 Å². The van der Waals surface area contributed by atoms with Gasteiger partial charge in [-0.2, -0.15) is 0 Å². The number of rotatable bonds is 4. The largest absolute Gasteiger partial charge is 0.376 e. The second-order valence-electron chi connectivity index (χ2n) is 4.23. The van der Waals surface area contributed by atoms with Gasteiger partial charge in [0.1, 0.15) is 0 Å². The third kappa shape index (κ3) is 3.06. The zero-order valence-electron chi connectivity index (χ0n) is 7.99. The first-order chi connectivity index (χ1) is 6.57. The molecule has 3 nitrogen and oxygen atoms in total. The second-order valence-corrected chi connectivity index (χ2v) is 7.99. The Balaban J connectivity index is 1.74. The summed E-state index contributed by atoms with van der Waals surface area (Å²) in [6.07, 6.45) is 3.72. The summed E-state index contributed by atoms with van der Waals surface area (Å²) in [5, 5.41) is 0. The normalized spacial score (nSPS) is 36.1. The molecule has 0 N–H and O–H groups in total. The highest BCUT2D eigenvalue weighted by molar-refractivity contribution is 14.1. The van der Waals surface area contributed by atoms with Gasteiger partial charge in [-0.3, -0.25) is 0 Å². The van der Waals surface area contributed by atoms with Crippen molar-refractivity contribution in [2.24, 2.45) is 5.92 Å². The predicted octanol–water partition coefficient (Wildman–Crippen LogP) is 1.40. The molecule has 14 heavy (non-hydrogen) atoms. The lowest BCUT2D eigenvalue weighted by atomic mass is 10.3. The Morgan fingerprint density at radius 3 is 2.50 bits per heavy atom. The van der Waals surface area contributed by atoms with Crippen LogP contribution in [0.3, 0.4) is 0 Å². The SMILES string of the molecule is O=S1(=O)CC(I)C(OCCC2CC2)C1. The van der Waals surface area contributed by atoms with Gasteiger partial charge in [-0.1, -0.05) is 35.4 Å². The van der Waals surface area contributed by atoms with Gasteiger partial charge in [0.2, 0.25) is 0 Å². The number of ether oxygens (including phenoxy) is 1.